The molecule has 0 heterocycles. The molecule has 5 heteroatoms. The van der Waals surface area contributed by atoms with E-state index < -0.39 is 5.82 Å². The highest BCUT2D eigenvalue weighted by Gasteiger charge is 2.03. The van der Waals surface area contributed by atoms with Crippen molar-refractivity contribution in [2.75, 3.05) is 5.73 Å². The molecule has 0 bridgehead atoms. The molecule has 0 aliphatic carbocycles. The summed E-state index contributed by atoms with van der Waals surface area (Å²) in [5, 5.41) is 0.974. The van der Waals surface area contributed by atoms with E-state index in [1.54, 1.807) is 24.3 Å². The molecule has 0 aliphatic heterocycles. The highest BCUT2D eigenvalue weighted by molar-refractivity contribution is 6.34. The molecule has 0 unspecified atom stereocenters. The zero-order valence-electron chi connectivity index (χ0n) is 9.29. The molecule has 0 aliphatic rings. The van der Waals surface area contributed by atoms with Crippen LogP contribution in [0.4, 0.5) is 10.1 Å². The van der Waals surface area contributed by atoms with Gasteiger partial charge >= 0.3 is 0 Å². The van der Waals surface area contributed by atoms with Crippen LogP contribution in [-0.2, 0) is 6.61 Å². The van der Waals surface area contributed by atoms with Crippen LogP contribution >= 0.6 is 23.2 Å². The second kappa shape index (κ2) is 5.46. The van der Waals surface area contributed by atoms with Crippen LogP contribution in [0.3, 0.4) is 0 Å². The molecule has 0 spiro atoms. The summed E-state index contributed by atoms with van der Waals surface area (Å²) in [5.74, 6) is 0.0740. The Morgan fingerprint density at radius 1 is 1.06 bits per heavy atom. The average molecular weight is 286 g/mol. The number of hydrogen-bond acceptors (Lipinski definition) is 2. The summed E-state index contributed by atoms with van der Waals surface area (Å²) in [6.45, 7) is 0.216. The van der Waals surface area contributed by atoms with Gasteiger partial charge in [0.05, 0.1) is 5.69 Å². The van der Waals surface area contributed by atoms with Crippen molar-refractivity contribution in [2.24, 2.45) is 0 Å². The van der Waals surface area contributed by atoms with Gasteiger partial charge in [0, 0.05) is 10.0 Å². The van der Waals surface area contributed by atoms with E-state index in [2.05, 4.69) is 0 Å². The number of rotatable bonds is 3. The van der Waals surface area contributed by atoms with Crippen molar-refractivity contribution in [1.82, 2.24) is 0 Å². The zero-order chi connectivity index (χ0) is 13.1. The predicted molar refractivity (Wildman–Crippen MR) is 71.6 cm³/mol. The van der Waals surface area contributed by atoms with Gasteiger partial charge in [-0.05, 0) is 35.9 Å². The zero-order valence-corrected chi connectivity index (χ0v) is 10.8. The van der Waals surface area contributed by atoms with Crippen LogP contribution in [0, 0.1) is 5.82 Å². The standard InChI is InChI=1S/C13H10Cl2FNO/c14-9-4-10(15)6-11(5-9)18-7-8-1-2-13(17)12(16)3-8/h1-6H,7,17H2. The smallest absolute Gasteiger partial charge is 0.146 e. The first-order valence-electron chi connectivity index (χ1n) is 5.17. The highest BCUT2D eigenvalue weighted by Crippen LogP contribution is 2.25. The van der Waals surface area contributed by atoms with Gasteiger partial charge in [-0.1, -0.05) is 29.3 Å². The molecule has 2 N–H and O–H groups in total. The first-order chi connectivity index (χ1) is 8.54. The van der Waals surface area contributed by atoms with Gasteiger partial charge in [0.2, 0.25) is 0 Å². The molecule has 0 saturated heterocycles. The largest absolute Gasteiger partial charge is 0.489 e. The third kappa shape index (κ3) is 3.28. The van der Waals surface area contributed by atoms with Crippen LogP contribution in [-0.4, -0.2) is 0 Å². The van der Waals surface area contributed by atoms with Crippen LogP contribution in [0.5, 0.6) is 5.75 Å². The van der Waals surface area contributed by atoms with Gasteiger partial charge in [-0.15, -0.1) is 0 Å². The van der Waals surface area contributed by atoms with Crippen molar-refractivity contribution in [3.8, 4) is 5.75 Å². The maximum absolute atomic E-state index is 13.2. The van der Waals surface area contributed by atoms with E-state index in [1.807, 2.05) is 0 Å². The molecule has 0 saturated carbocycles. The van der Waals surface area contributed by atoms with E-state index in [4.69, 9.17) is 33.7 Å². The summed E-state index contributed by atoms with van der Waals surface area (Å²) < 4.78 is 18.7. The Kier molecular flexibility index (Phi) is 3.94. The number of nitrogen functional groups attached to an aromatic ring is 1. The molecule has 0 atom stereocenters. The SMILES string of the molecule is Nc1ccc(COc2cc(Cl)cc(Cl)c2)cc1F. The first-order valence-corrected chi connectivity index (χ1v) is 5.93. The second-order valence-electron chi connectivity index (χ2n) is 3.75. The number of nitrogens with two attached hydrogens (primary N) is 1. The number of hydrogen-bond donors (Lipinski definition) is 1. The van der Waals surface area contributed by atoms with Crippen LogP contribution < -0.4 is 10.5 Å². The van der Waals surface area contributed by atoms with Crippen molar-refractivity contribution in [1.29, 1.82) is 0 Å². The lowest BCUT2D eigenvalue weighted by molar-refractivity contribution is 0.305. The topological polar surface area (TPSA) is 35.2 Å². The summed E-state index contributed by atoms with van der Waals surface area (Å²) in [5.41, 5.74) is 6.18. The number of anilines is 1. The molecule has 18 heavy (non-hydrogen) atoms. The highest BCUT2D eigenvalue weighted by atomic mass is 35.5. The Morgan fingerprint density at radius 3 is 2.33 bits per heavy atom. The molecule has 2 aromatic rings. The number of halogens is 3. The lowest BCUT2D eigenvalue weighted by Gasteiger charge is -2.08. The lowest BCUT2D eigenvalue weighted by atomic mass is 10.2. The fraction of sp³-hybridized carbons (Fsp3) is 0.0769. The number of ether oxygens (including phenoxy) is 1. The molecule has 2 aromatic carbocycles. The van der Waals surface area contributed by atoms with Crippen molar-refractivity contribution >= 4 is 28.9 Å². The maximum atomic E-state index is 13.2. The third-order valence-corrected chi connectivity index (χ3v) is 2.74. The van der Waals surface area contributed by atoms with E-state index in [0.717, 1.165) is 0 Å². The van der Waals surface area contributed by atoms with Gasteiger partial charge in [-0.25, -0.2) is 4.39 Å². The van der Waals surface area contributed by atoms with Crippen LogP contribution in [0.1, 0.15) is 5.56 Å². The molecule has 0 aromatic heterocycles. The summed E-state index contributed by atoms with van der Waals surface area (Å²) in [4.78, 5) is 0. The molecular formula is C13H10Cl2FNO. The van der Waals surface area contributed by atoms with Crippen LogP contribution in [0.2, 0.25) is 10.0 Å². The fourth-order valence-corrected chi connectivity index (χ4v) is 1.94. The van der Waals surface area contributed by atoms with Gasteiger partial charge in [0.25, 0.3) is 0 Å². The molecule has 2 rings (SSSR count). The normalized spacial score (nSPS) is 10.4. The summed E-state index contributed by atoms with van der Waals surface area (Å²) in [6, 6.07) is 9.42. The number of benzene rings is 2. The average Bonchev–Trinajstić information content (AvgIpc) is 2.29. The van der Waals surface area contributed by atoms with E-state index in [1.165, 1.54) is 12.1 Å². The van der Waals surface area contributed by atoms with Crippen molar-refractivity contribution in [3.05, 3.63) is 57.8 Å². The summed E-state index contributed by atoms with van der Waals surface area (Å²) >= 11 is 11.7. The predicted octanol–water partition coefficient (Wildman–Crippen LogP) is 4.29. The Balaban J connectivity index is 2.08. The molecule has 94 valence electrons. The van der Waals surface area contributed by atoms with Crippen molar-refractivity contribution < 1.29 is 9.13 Å². The van der Waals surface area contributed by atoms with Crippen molar-refractivity contribution in [3.63, 3.8) is 0 Å². The maximum Gasteiger partial charge on any atom is 0.146 e. The van der Waals surface area contributed by atoms with E-state index in [-0.39, 0.29) is 12.3 Å². The molecule has 2 nitrogen and oxygen atoms in total. The van der Waals surface area contributed by atoms with Gasteiger partial charge in [0.1, 0.15) is 18.2 Å². The molecule has 0 fully saturated rings. The van der Waals surface area contributed by atoms with Crippen LogP contribution in [0.15, 0.2) is 36.4 Å². The van der Waals surface area contributed by atoms with Gasteiger partial charge in [0.15, 0.2) is 0 Å². The minimum absolute atomic E-state index is 0.115. The second-order valence-corrected chi connectivity index (χ2v) is 4.62. The van der Waals surface area contributed by atoms with E-state index in [9.17, 15) is 4.39 Å². The Hall–Kier alpha value is -1.45. The first kappa shape index (κ1) is 13.0. The third-order valence-electron chi connectivity index (χ3n) is 2.31. The van der Waals surface area contributed by atoms with Crippen LogP contribution in [0.25, 0.3) is 0 Å². The Bertz CT molecular complexity index is 555. The monoisotopic (exact) mass is 285 g/mol. The minimum Gasteiger partial charge on any atom is -0.489 e. The molecule has 0 radical (unpaired) electrons. The quantitative estimate of drug-likeness (QED) is 0.854. The summed E-state index contributed by atoms with van der Waals surface area (Å²) in [7, 11) is 0. The lowest BCUT2D eigenvalue weighted by Crippen LogP contribution is -1.98. The van der Waals surface area contributed by atoms with E-state index in [0.29, 0.717) is 21.4 Å². The van der Waals surface area contributed by atoms with E-state index >= 15 is 0 Å². The Morgan fingerprint density at radius 2 is 1.72 bits per heavy atom. The van der Waals surface area contributed by atoms with Gasteiger partial charge in [-0.2, -0.15) is 0 Å². The van der Waals surface area contributed by atoms with Gasteiger partial charge in [-0.3, -0.25) is 0 Å². The van der Waals surface area contributed by atoms with Gasteiger partial charge < -0.3 is 10.5 Å². The fourth-order valence-electron chi connectivity index (χ4n) is 1.44. The minimum atomic E-state index is -0.458. The Labute approximate surface area is 114 Å². The van der Waals surface area contributed by atoms with Crippen molar-refractivity contribution in [2.45, 2.75) is 6.61 Å². The molecular weight excluding hydrogens is 276 g/mol. The summed E-state index contributed by atoms with van der Waals surface area (Å²) in [6.07, 6.45) is 0. The molecule has 0 amide bonds.